The first-order chi connectivity index (χ1) is 11.6. The van der Waals surface area contributed by atoms with Crippen molar-refractivity contribution in [3.63, 3.8) is 0 Å². The maximum atomic E-state index is 12.0. The Morgan fingerprint density at radius 3 is 2.50 bits per heavy atom. The molecule has 1 atom stereocenters. The second-order valence-corrected chi connectivity index (χ2v) is 8.19. The zero-order valence-electron chi connectivity index (χ0n) is 16.8. The lowest BCUT2D eigenvalue weighted by atomic mass is 10.0. The predicted octanol–water partition coefficient (Wildman–Crippen LogP) is 3.92. The Bertz CT molecular complexity index is 556. The van der Waals surface area contributed by atoms with Gasteiger partial charge in [-0.15, -0.1) is 24.0 Å². The molecule has 0 bridgehead atoms. The summed E-state index contributed by atoms with van der Waals surface area (Å²) in [4.78, 5) is 18.4. The Kier molecular flexibility index (Phi) is 11.2. The average Bonchev–Trinajstić information content (AvgIpc) is 2.97. The molecule has 0 aliphatic heterocycles. The summed E-state index contributed by atoms with van der Waals surface area (Å²) < 4.78 is 5.35. The van der Waals surface area contributed by atoms with Gasteiger partial charge in [0.1, 0.15) is 5.60 Å². The summed E-state index contributed by atoms with van der Waals surface area (Å²) >= 11 is 1.69. The zero-order chi connectivity index (χ0) is 19.0. The molecule has 0 fully saturated rings. The van der Waals surface area contributed by atoms with Crippen molar-refractivity contribution in [1.29, 1.82) is 0 Å². The molecule has 150 valence electrons. The van der Waals surface area contributed by atoms with E-state index in [0.29, 0.717) is 6.54 Å². The number of alkyl carbamates (subject to hydrolysis) is 1. The first-order valence-electron chi connectivity index (χ1n) is 8.54. The summed E-state index contributed by atoms with van der Waals surface area (Å²) in [6.45, 7) is 11.1. The van der Waals surface area contributed by atoms with Gasteiger partial charge in [-0.05, 0) is 49.1 Å². The van der Waals surface area contributed by atoms with Crippen molar-refractivity contribution in [2.75, 3.05) is 20.6 Å². The molecule has 8 heteroatoms. The number of carbonyl (C=O) groups is 1. The van der Waals surface area contributed by atoms with E-state index < -0.39 is 11.7 Å². The summed E-state index contributed by atoms with van der Waals surface area (Å²) in [5.74, 6) is 1.06. The lowest BCUT2D eigenvalue weighted by Crippen LogP contribution is -2.50. The van der Waals surface area contributed by atoms with Crippen LogP contribution in [-0.4, -0.2) is 49.2 Å². The van der Waals surface area contributed by atoms with E-state index in [9.17, 15) is 4.79 Å². The second-order valence-electron chi connectivity index (χ2n) is 7.41. The van der Waals surface area contributed by atoms with Crippen LogP contribution in [0.3, 0.4) is 0 Å². The minimum atomic E-state index is -0.504. The van der Waals surface area contributed by atoms with Crippen LogP contribution in [0.1, 0.15) is 40.2 Å². The molecule has 1 amide bonds. The van der Waals surface area contributed by atoms with Crippen LogP contribution in [0, 0.1) is 5.92 Å². The highest BCUT2D eigenvalue weighted by molar-refractivity contribution is 14.0. The molecule has 1 heterocycles. The van der Waals surface area contributed by atoms with Crippen molar-refractivity contribution in [3.8, 4) is 0 Å². The van der Waals surface area contributed by atoms with Gasteiger partial charge in [-0.1, -0.05) is 13.8 Å². The zero-order valence-corrected chi connectivity index (χ0v) is 20.0. The van der Waals surface area contributed by atoms with Crippen LogP contribution in [0.2, 0.25) is 0 Å². The Morgan fingerprint density at radius 1 is 1.38 bits per heavy atom. The van der Waals surface area contributed by atoms with Crippen LogP contribution in [0.15, 0.2) is 21.8 Å². The fraction of sp³-hybridized carbons (Fsp3) is 0.667. The molecule has 0 saturated heterocycles. The van der Waals surface area contributed by atoms with Gasteiger partial charge in [-0.2, -0.15) is 11.3 Å². The molecule has 26 heavy (non-hydrogen) atoms. The van der Waals surface area contributed by atoms with Crippen LogP contribution in [0.4, 0.5) is 4.79 Å². The minimum absolute atomic E-state index is 0. The molecule has 0 aliphatic rings. The van der Waals surface area contributed by atoms with Crippen LogP contribution in [0.25, 0.3) is 0 Å². The molecule has 0 aliphatic carbocycles. The first-order valence-corrected chi connectivity index (χ1v) is 9.49. The lowest BCUT2D eigenvalue weighted by molar-refractivity contribution is 0.0491. The number of halogens is 1. The highest BCUT2D eigenvalue weighted by atomic mass is 127. The topological polar surface area (TPSA) is 66.0 Å². The van der Waals surface area contributed by atoms with Crippen molar-refractivity contribution in [2.45, 2.75) is 52.8 Å². The largest absolute Gasteiger partial charge is 0.444 e. The van der Waals surface area contributed by atoms with Gasteiger partial charge in [-0.25, -0.2) is 4.79 Å². The number of aliphatic imine (C=N–C) groups is 1. The Morgan fingerprint density at radius 2 is 2.04 bits per heavy atom. The van der Waals surface area contributed by atoms with Crippen molar-refractivity contribution in [2.24, 2.45) is 10.9 Å². The lowest BCUT2D eigenvalue weighted by Gasteiger charge is -2.28. The SMILES string of the molecule is CN=C(NCC(NC(=O)OC(C)(C)C)C(C)C)N(C)Cc1ccsc1.I. The third-order valence-corrected chi connectivity index (χ3v) is 4.29. The quantitative estimate of drug-likeness (QED) is 0.356. The second kappa shape index (κ2) is 11.6. The van der Waals surface area contributed by atoms with Crippen LogP contribution in [-0.2, 0) is 11.3 Å². The molecule has 1 unspecified atom stereocenters. The summed E-state index contributed by atoms with van der Waals surface area (Å²) in [5, 5.41) is 10.5. The number of ether oxygens (including phenoxy) is 1. The fourth-order valence-corrected chi connectivity index (χ4v) is 2.89. The van der Waals surface area contributed by atoms with Crippen molar-refractivity contribution < 1.29 is 9.53 Å². The van der Waals surface area contributed by atoms with E-state index in [2.05, 4.69) is 51.2 Å². The van der Waals surface area contributed by atoms with E-state index in [4.69, 9.17) is 4.74 Å². The number of guanidine groups is 1. The Labute approximate surface area is 178 Å². The number of rotatable bonds is 6. The highest BCUT2D eigenvalue weighted by Gasteiger charge is 2.22. The fourth-order valence-electron chi connectivity index (χ4n) is 2.23. The Balaban J connectivity index is 0.00000625. The first kappa shape index (κ1) is 25.0. The smallest absolute Gasteiger partial charge is 0.407 e. The Hall–Kier alpha value is -1.03. The number of hydrogen-bond donors (Lipinski definition) is 2. The maximum Gasteiger partial charge on any atom is 0.407 e. The number of hydrogen-bond acceptors (Lipinski definition) is 4. The predicted molar refractivity (Wildman–Crippen MR) is 121 cm³/mol. The van der Waals surface area contributed by atoms with E-state index in [1.807, 2.05) is 27.8 Å². The third kappa shape index (κ3) is 9.61. The molecule has 0 saturated carbocycles. The van der Waals surface area contributed by atoms with Gasteiger partial charge >= 0.3 is 6.09 Å². The summed E-state index contributed by atoms with van der Waals surface area (Å²) in [6, 6.07) is 2.05. The monoisotopic (exact) mass is 496 g/mol. The molecule has 0 radical (unpaired) electrons. The average molecular weight is 496 g/mol. The van der Waals surface area contributed by atoms with Gasteiger partial charge in [0.2, 0.25) is 0 Å². The van der Waals surface area contributed by atoms with E-state index in [0.717, 1.165) is 12.5 Å². The van der Waals surface area contributed by atoms with Gasteiger partial charge in [0.25, 0.3) is 0 Å². The van der Waals surface area contributed by atoms with E-state index in [1.54, 1.807) is 18.4 Å². The molecule has 1 rings (SSSR count). The summed E-state index contributed by atoms with van der Waals surface area (Å²) in [7, 11) is 3.76. The molecule has 1 aromatic heterocycles. The third-order valence-electron chi connectivity index (χ3n) is 3.56. The molecule has 0 aromatic carbocycles. The van der Waals surface area contributed by atoms with Crippen LogP contribution in [0.5, 0.6) is 0 Å². The van der Waals surface area contributed by atoms with E-state index >= 15 is 0 Å². The van der Waals surface area contributed by atoms with Crippen molar-refractivity contribution >= 4 is 47.4 Å². The summed E-state index contributed by atoms with van der Waals surface area (Å²) in [5.41, 5.74) is 0.748. The normalized spacial score (nSPS) is 13.0. The highest BCUT2D eigenvalue weighted by Crippen LogP contribution is 2.10. The van der Waals surface area contributed by atoms with Crippen LogP contribution < -0.4 is 10.6 Å². The van der Waals surface area contributed by atoms with Gasteiger partial charge < -0.3 is 20.3 Å². The number of amides is 1. The number of nitrogens with zero attached hydrogens (tertiary/aromatic N) is 2. The van der Waals surface area contributed by atoms with Crippen LogP contribution >= 0.6 is 35.3 Å². The standard InChI is InChI=1S/C18H32N4O2S.HI/c1-13(2)15(21-17(23)24-18(3,4)5)10-20-16(19-6)22(7)11-14-8-9-25-12-14;/h8-9,12-13,15H,10-11H2,1-7H3,(H,19,20)(H,21,23);1H. The molecular weight excluding hydrogens is 463 g/mol. The summed E-state index contributed by atoms with van der Waals surface area (Å²) in [6.07, 6.45) is -0.394. The number of nitrogens with one attached hydrogen (secondary N) is 2. The number of carbonyl (C=O) groups excluding carboxylic acids is 1. The molecule has 6 nitrogen and oxygen atoms in total. The maximum absolute atomic E-state index is 12.0. The van der Waals surface area contributed by atoms with E-state index in [-0.39, 0.29) is 35.9 Å². The van der Waals surface area contributed by atoms with Crippen molar-refractivity contribution in [3.05, 3.63) is 22.4 Å². The molecular formula is C18H33IN4O2S. The molecule has 1 aromatic rings. The van der Waals surface area contributed by atoms with E-state index in [1.165, 1.54) is 5.56 Å². The van der Waals surface area contributed by atoms with Gasteiger partial charge in [0.15, 0.2) is 5.96 Å². The van der Waals surface area contributed by atoms with Crippen molar-refractivity contribution in [1.82, 2.24) is 15.5 Å². The van der Waals surface area contributed by atoms with Gasteiger partial charge in [0.05, 0.1) is 6.04 Å². The van der Waals surface area contributed by atoms with Gasteiger partial charge in [0, 0.05) is 27.2 Å². The molecule has 0 spiro atoms. The minimum Gasteiger partial charge on any atom is -0.444 e. The molecule has 2 N–H and O–H groups in total. The number of thiophene rings is 1. The van der Waals surface area contributed by atoms with Gasteiger partial charge in [-0.3, -0.25) is 4.99 Å².